The molecule has 0 bridgehead atoms. The number of aromatic nitrogens is 4. The molecule has 0 spiro atoms. The largest absolute Gasteiger partial charge is 0.416 e. The van der Waals surface area contributed by atoms with Crippen molar-refractivity contribution in [2.75, 3.05) is 24.5 Å². The van der Waals surface area contributed by atoms with Gasteiger partial charge < -0.3 is 14.6 Å². The van der Waals surface area contributed by atoms with Crippen molar-refractivity contribution in [2.45, 2.75) is 90.2 Å². The fourth-order valence-corrected chi connectivity index (χ4v) is 6.20. The molecule has 2 unspecified atom stereocenters. The van der Waals surface area contributed by atoms with Crippen LogP contribution >= 0.6 is 0 Å². The van der Waals surface area contributed by atoms with Gasteiger partial charge in [0.15, 0.2) is 5.82 Å². The maximum atomic E-state index is 13.0. The number of benzene rings is 1. The van der Waals surface area contributed by atoms with Crippen molar-refractivity contribution in [1.29, 1.82) is 0 Å². The second-order valence-corrected chi connectivity index (χ2v) is 10.8. The third-order valence-electron chi connectivity index (χ3n) is 8.21. The van der Waals surface area contributed by atoms with Gasteiger partial charge in [0.25, 0.3) is 0 Å². The molecule has 2 aromatic heterocycles. The highest BCUT2D eigenvalue weighted by Gasteiger charge is 2.35. The second-order valence-electron chi connectivity index (χ2n) is 10.8. The quantitative estimate of drug-likeness (QED) is 0.448. The van der Waals surface area contributed by atoms with E-state index in [2.05, 4.69) is 26.7 Å². The summed E-state index contributed by atoms with van der Waals surface area (Å²) in [6, 6.07) is 5.44. The summed E-state index contributed by atoms with van der Waals surface area (Å²) in [5, 5.41) is 11.0. The zero-order valence-electron chi connectivity index (χ0n) is 24.1. The molecular weight excluding hydrogens is 521 g/mol. The average Bonchev–Trinajstić information content (AvgIpc) is 3.54. The summed E-state index contributed by atoms with van der Waals surface area (Å²) in [7, 11) is 1.68. The first kappa shape index (κ1) is 30.0. The van der Waals surface area contributed by atoms with Crippen molar-refractivity contribution < 1.29 is 18.3 Å². The lowest BCUT2D eigenvalue weighted by Gasteiger charge is -2.43. The van der Waals surface area contributed by atoms with Gasteiger partial charge >= 0.3 is 11.9 Å². The number of nitrogens with zero attached hydrogens (tertiary/aromatic N) is 6. The van der Waals surface area contributed by atoms with E-state index in [4.69, 9.17) is 0 Å². The van der Waals surface area contributed by atoms with Gasteiger partial charge in [-0.1, -0.05) is 45.7 Å². The summed E-state index contributed by atoms with van der Waals surface area (Å²) in [5.41, 5.74) is 0.321. The molecule has 3 aromatic rings. The van der Waals surface area contributed by atoms with Crippen LogP contribution in [0.15, 0.2) is 35.4 Å². The number of halogens is 3. The Labute approximate surface area is 233 Å². The predicted molar refractivity (Wildman–Crippen MR) is 150 cm³/mol. The molecule has 0 amide bonds. The van der Waals surface area contributed by atoms with E-state index in [1.54, 1.807) is 25.5 Å². The van der Waals surface area contributed by atoms with Gasteiger partial charge in [-0.05, 0) is 43.9 Å². The van der Waals surface area contributed by atoms with E-state index in [0.29, 0.717) is 43.2 Å². The Morgan fingerprint density at radius 1 is 1.12 bits per heavy atom. The molecule has 3 heterocycles. The molecule has 1 aromatic carbocycles. The number of anilines is 1. The van der Waals surface area contributed by atoms with Crippen LogP contribution in [0.5, 0.6) is 0 Å². The number of piperazine rings is 1. The van der Waals surface area contributed by atoms with E-state index in [-0.39, 0.29) is 17.8 Å². The lowest BCUT2D eigenvalue weighted by Crippen LogP contribution is -2.53. The number of rotatable bonds is 6. The Morgan fingerprint density at radius 2 is 1.77 bits per heavy atom. The van der Waals surface area contributed by atoms with Crippen molar-refractivity contribution in [1.82, 2.24) is 24.0 Å². The number of fused-ring (bicyclic) bond motifs is 1. The molecule has 40 heavy (non-hydrogen) atoms. The predicted octanol–water partition coefficient (Wildman–Crippen LogP) is 5.14. The maximum absolute atomic E-state index is 13.0. The average molecular weight is 563 g/mol. The van der Waals surface area contributed by atoms with Gasteiger partial charge in [0.1, 0.15) is 11.2 Å². The topological polar surface area (TPSA) is 79.4 Å². The van der Waals surface area contributed by atoms with E-state index in [9.17, 15) is 23.1 Å². The number of aryl methyl sites for hydroxylation is 1. The molecule has 0 radical (unpaired) electrons. The van der Waals surface area contributed by atoms with Gasteiger partial charge in [-0.15, -0.1) is 0 Å². The minimum atomic E-state index is -4.35. The van der Waals surface area contributed by atoms with Crippen LogP contribution < -0.4 is 10.6 Å². The Hall–Kier alpha value is -2.92. The van der Waals surface area contributed by atoms with Crippen LogP contribution in [-0.4, -0.2) is 60.4 Å². The summed E-state index contributed by atoms with van der Waals surface area (Å²) in [5.74, 6) is 0.537. The first-order valence-corrected chi connectivity index (χ1v) is 14.3. The van der Waals surface area contributed by atoms with Crippen molar-refractivity contribution in [2.24, 2.45) is 7.05 Å². The summed E-state index contributed by atoms with van der Waals surface area (Å²) in [4.78, 5) is 26.3. The fraction of sp³-hybridized carbons (Fsp3) is 0.621. The maximum Gasteiger partial charge on any atom is 0.416 e. The fourth-order valence-electron chi connectivity index (χ4n) is 6.20. The van der Waals surface area contributed by atoms with Gasteiger partial charge in [0.05, 0.1) is 24.0 Å². The Morgan fingerprint density at radius 3 is 2.35 bits per heavy atom. The Balaban J connectivity index is 0.00000181. The van der Waals surface area contributed by atoms with E-state index in [0.717, 1.165) is 49.8 Å². The first-order chi connectivity index (χ1) is 19.0. The van der Waals surface area contributed by atoms with Crippen molar-refractivity contribution >= 4 is 17.0 Å². The molecule has 2 fully saturated rings. The summed E-state index contributed by atoms with van der Waals surface area (Å²) < 4.78 is 42.5. The minimum Gasteiger partial charge on any atom is -0.388 e. The number of imidazole rings is 1. The van der Waals surface area contributed by atoms with Crippen LogP contribution in [0.3, 0.4) is 0 Å². The van der Waals surface area contributed by atoms with E-state index < -0.39 is 17.3 Å². The monoisotopic (exact) mass is 562 g/mol. The minimum absolute atomic E-state index is 0.000722. The highest BCUT2D eigenvalue weighted by atomic mass is 19.4. The number of hydrogen-bond donors (Lipinski definition) is 1. The molecule has 220 valence electrons. The highest BCUT2D eigenvalue weighted by Crippen LogP contribution is 2.35. The van der Waals surface area contributed by atoms with Gasteiger partial charge in [0.2, 0.25) is 0 Å². The molecule has 11 heteroatoms. The zero-order chi connectivity index (χ0) is 29.2. The van der Waals surface area contributed by atoms with E-state index in [1.165, 1.54) is 4.57 Å². The lowest BCUT2D eigenvalue weighted by atomic mass is 9.99. The lowest BCUT2D eigenvalue weighted by molar-refractivity contribution is -0.137. The molecule has 1 saturated carbocycles. The van der Waals surface area contributed by atoms with Gasteiger partial charge in [-0.3, -0.25) is 9.47 Å². The Kier molecular flexibility index (Phi) is 8.94. The molecule has 2 atom stereocenters. The number of alkyl halides is 3. The molecule has 1 saturated heterocycles. The first-order valence-electron chi connectivity index (χ1n) is 14.3. The van der Waals surface area contributed by atoms with Gasteiger partial charge in [-0.25, -0.2) is 9.78 Å². The van der Waals surface area contributed by atoms with Crippen LogP contribution in [0.1, 0.15) is 77.0 Å². The third-order valence-corrected chi connectivity index (χ3v) is 8.21. The number of hydrogen-bond acceptors (Lipinski definition) is 6. The normalized spacial score (nSPS) is 20.4. The smallest absolute Gasteiger partial charge is 0.388 e. The van der Waals surface area contributed by atoms with Crippen LogP contribution in [0.4, 0.5) is 19.0 Å². The third kappa shape index (κ3) is 5.90. The SMILES string of the molecule is CC.CCC(c1ccc(C(F)(F)F)cc1)N1CCN(c2nc(=O)n(C)c3c2ncn3CC2(O)CCCC2)C(C)C1. The number of aliphatic hydroxyl groups is 1. The Bertz CT molecular complexity index is 1340. The standard InChI is InChI=1S/C27H35F3N6O2.C2H6/c1-4-21(19-7-9-20(10-8-19)27(28,29)30)34-13-14-36(18(2)15-34)23-22-24(33(3)25(37)32-23)35(17-31-22)16-26(38)11-5-6-12-26;1-2/h7-10,17-18,21,38H,4-6,11-16H2,1-3H3;1-2H3. The van der Waals surface area contributed by atoms with E-state index >= 15 is 0 Å². The van der Waals surface area contributed by atoms with Crippen LogP contribution in [0.2, 0.25) is 0 Å². The molecule has 1 aliphatic heterocycles. The van der Waals surface area contributed by atoms with Crippen LogP contribution in [0.25, 0.3) is 11.2 Å². The van der Waals surface area contributed by atoms with Gasteiger partial charge in [0, 0.05) is 38.8 Å². The molecular formula is C29H41F3N6O2. The summed E-state index contributed by atoms with van der Waals surface area (Å²) in [6.45, 7) is 10.4. The molecule has 2 aliphatic rings. The summed E-state index contributed by atoms with van der Waals surface area (Å²) >= 11 is 0. The van der Waals surface area contributed by atoms with E-state index in [1.807, 2.05) is 25.3 Å². The highest BCUT2D eigenvalue weighted by molar-refractivity contribution is 5.84. The zero-order valence-corrected chi connectivity index (χ0v) is 24.1. The molecule has 1 aliphatic carbocycles. The van der Waals surface area contributed by atoms with Crippen LogP contribution in [0, 0.1) is 0 Å². The van der Waals surface area contributed by atoms with Crippen molar-refractivity contribution in [3.63, 3.8) is 0 Å². The molecule has 1 N–H and O–H groups in total. The molecule has 5 rings (SSSR count). The summed E-state index contributed by atoms with van der Waals surface area (Å²) in [6.07, 6.45) is 1.53. The van der Waals surface area contributed by atoms with Gasteiger partial charge in [-0.2, -0.15) is 18.2 Å². The second kappa shape index (κ2) is 11.9. The van der Waals surface area contributed by atoms with Crippen molar-refractivity contribution in [3.05, 3.63) is 52.2 Å². The molecule has 8 nitrogen and oxygen atoms in total. The van der Waals surface area contributed by atoms with Crippen molar-refractivity contribution in [3.8, 4) is 0 Å². The van der Waals surface area contributed by atoms with Crippen LogP contribution in [-0.2, 0) is 19.8 Å².